The van der Waals surface area contributed by atoms with E-state index < -0.39 is 0 Å². The van der Waals surface area contributed by atoms with Crippen molar-refractivity contribution >= 4 is 62.3 Å². The predicted octanol–water partition coefficient (Wildman–Crippen LogP) is 5.32. The third-order valence-corrected chi connectivity index (χ3v) is 4.82. The lowest BCUT2D eigenvalue weighted by Crippen LogP contribution is -2.30. The van der Waals surface area contributed by atoms with Crippen LogP contribution < -0.4 is 10.6 Å². The third kappa shape index (κ3) is 6.57. The van der Waals surface area contributed by atoms with Crippen LogP contribution in [0.5, 0.6) is 0 Å². The molecule has 2 aromatic carbocycles. The number of nitrogens with one attached hydrogen (secondary N) is 2. The van der Waals surface area contributed by atoms with Gasteiger partial charge in [0.2, 0.25) is 0 Å². The fraction of sp³-hybridized carbons (Fsp3) is 0.188. The molecule has 0 radical (unpaired) electrons. The first-order valence-electron chi connectivity index (χ1n) is 6.76. The molecule has 0 bridgehead atoms. The first-order chi connectivity index (χ1) is 10.6. The maximum Gasteiger partial charge on any atom is 0.170 e. The molecule has 0 atom stereocenters. The summed E-state index contributed by atoms with van der Waals surface area (Å²) in [7, 11) is 0. The molecule has 0 fully saturated rings. The van der Waals surface area contributed by atoms with Crippen LogP contribution in [0.4, 0.5) is 5.69 Å². The zero-order valence-corrected chi connectivity index (χ0v) is 15.8. The molecule has 116 valence electrons. The van der Waals surface area contributed by atoms with Gasteiger partial charge in [0.25, 0.3) is 0 Å². The van der Waals surface area contributed by atoms with E-state index in [0.29, 0.717) is 5.11 Å². The van der Waals surface area contributed by atoms with Crippen molar-refractivity contribution in [1.82, 2.24) is 5.32 Å². The van der Waals surface area contributed by atoms with E-state index in [9.17, 15) is 0 Å². The number of halogens is 2. The minimum absolute atomic E-state index is 0.644. The average molecular weight is 416 g/mol. The van der Waals surface area contributed by atoms with Crippen molar-refractivity contribution in [1.29, 1.82) is 0 Å². The van der Waals surface area contributed by atoms with Gasteiger partial charge in [-0.1, -0.05) is 45.7 Å². The molecule has 0 saturated heterocycles. The van der Waals surface area contributed by atoms with Crippen molar-refractivity contribution < 1.29 is 0 Å². The number of benzene rings is 2. The monoisotopic (exact) mass is 414 g/mol. The van der Waals surface area contributed by atoms with Crippen molar-refractivity contribution in [2.24, 2.45) is 0 Å². The van der Waals surface area contributed by atoms with Gasteiger partial charge >= 0.3 is 0 Å². The van der Waals surface area contributed by atoms with Gasteiger partial charge in [0.05, 0.1) is 0 Å². The summed E-state index contributed by atoms with van der Waals surface area (Å²) < 4.78 is 1.03. The highest BCUT2D eigenvalue weighted by atomic mass is 79.9. The molecule has 2 nitrogen and oxygen atoms in total. The van der Waals surface area contributed by atoms with Gasteiger partial charge in [0.1, 0.15) is 0 Å². The van der Waals surface area contributed by atoms with E-state index in [2.05, 4.69) is 38.7 Å². The zero-order chi connectivity index (χ0) is 15.8. The molecule has 0 unspecified atom stereocenters. The average Bonchev–Trinajstić information content (AvgIpc) is 2.49. The van der Waals surface area contributed by atoms with Crippen molar-refractivity contribution in [2.75, 3.05) is 17.6 Å². The maximum absolute atomic E-state index is 5.87. The highest BCUT2D eigenvalue weighted by Gasteiger charge is 1.98. The first kappa shape index (κ1) is 17.6. The Balaban J connectivity index is 1.62. The summed E-state index contributed by atoms with van der Waals surface area (Å²) in [6, 6.07) is 15.9. The van der Waals surface area contributed by atoms with Gasteiger partial charge in [-0.2, -0.15) is 11.8 Å². The molecule has 6 heteroatoms. The van der Waals surface area contributed by atoms with E-state index >= 15 is 0 Å². The van der Waals surface area contributed by atoms with Crippen molar-refractivity contribution in [3.63, 3.8) is 0 Å². The summed E-state index contributed by atoms with van der Waals surface area (Å²) >= 11 is 16.4. The van der Waals surface area contributed by atoms with Crippen LogP contribution in [0, 0.1) is 0 Å². The largest absolute Gasteiger partial charge is 0.362 e. The van der Waals surface area contributed by atoms with Crippen molar-refractivity contribution in [3.8, 4) is 0 Å². The number of anilines is 1. The Morgan fingerprint density at radius 3 is 2.68 bits per heavy atom. The SMILES string of the molecule is S=C(NCCSCc1ccc(Cl)cc1)Nc1cccc(Br)c1. The number of hydrogen-bond acceptors (Lipinski definition) is 2. The van der Waals surface area contributed by atoms with Crippen LogP contribution in [0.3, 0.4) is 0 Å². The smallest absolute Gasteiger partial charge is 0.170 e. The summed E-state index contributed by atoms with van der Waals surface area (Å²) in [5.41, 5.74) is 2.25. The zero-order valence-electron chi connectivity index (χ0n) is 11.8. The molecule has 0 amide bonds. The molecular weight excluding hydrogens is 400 g/mol. The van der Waals surface area contributed by atoms with Gasteiger partial charge in [-0.05, 0) is 48.1 Å². The second-order valence-corrected chi connectivity index (χ2v) is 7.44. The summed E-state index contributed by atoms with van der Waals surface area (Å²) in [6.45, 7) is 0.831. The number of rotatable bonds is 6. The Bertz CT molecular complexity index is 620. The van der Waals surface area contributed by atoms with Gasteiger partial charge in [-0.25, -0.2) is 0 Å². The molecule has 2 N–H and O–H groups in total. The van der Waals surface area contributed by atoms with Crippen LogP contribution >= 0.6 is 51.5 Å². The minimum atomic E-state index is 0.644. The van der Waals surface area contributed by atoms with E-state index in [0.717, 1.165) is 33.2 Å². The molecule has 2 rings (SSSR count). The van der Waals surface area contributed by atoms with Crippen molar-refractivity contribution in [3.05, 3.63) is 63.6 Å². The predicted molar refractivity (Wildman–Crippen MR) is 106 cm³/mol. The third-order valence-electron chi connectivity index (χ3n) is 2.80. The molecule has 0 aliphatic carbocycles. The molecule has 0 saturated carbocycles. The first-order valence-corrected chi connectivity index (χ1v) is 9.49. The van der Waals surface area contributed by atoms with Gasteiger partial charge in [0, 0.05) is 33.2 Å². The number of thioether (sulfide) groups is 1. The minimum Gasteiger partial charge on any atom is -0.362 e. The van der Waals surface area contributed by atoms with Gasteiger partial charge in [0.15, 0.2) is 5.11 Å². The molecule has 0 aliphatic rings. The summed E-state index contributed by atoms with van der Waals surface area (Å²) in [5.74, 6) is 1.97. The fourth-order valence-corrected chi connectivity index (χ4v) is 3.31. The molecule has 0 heterocycles. The lowest BCUT2D eigenvalue weighted by molar-refractivity contribution is 0.990. The second-order valence-electron chi connectivity index (χ2n) is 4.57. The lowest BCUT2D eigenvalue weighted by atomic mass is 10.2. The Morgan fingerprint density at radius 1 is 1.18 bits per heavy atom. The Hall–Kier alpha value is -0.750. The normalized spacial score (nSPS) is 10.3. The van der Waals surface area contributed by atoms with E-state index in [1.54, 1.807) is 0 Å². The quantitative estimate of drug-likeness (QED) is 0.492. The lowest BCUT2D eigenvalue weighted by Gasteiger charge is -2.10. The Morgan fingerprint density at radius 2 is 1.95 bits per heavy atom. The van der Waals surface area contributed by atoms with Crippen LogP contribution in [0.15, 0.2) is 53.0 Å². The second kappa shape index (κ2) is 9.40. The number of hydrogen-bond donors (Lipinski definition) is 2. The van der Waals surface area contributed by atoms with E-state index in [-0.39, 0.29) is 0 Å². The summed E-state index contributed by atoms with van der Waals surface area (Å²) in [5, 5.41) is 7.79. The number of thiocarbonyl (C=S) groups is 1. The Labute approximate surface area is 154 Å². The Kier molecular flexibility index (Phi) is 7.52. The van der Waals surface area contributed by atoms with E-state index in [1.807, 2.05) is 48.2 Å². The molecule has 22 heavy (non-hydrogen) atoms. The van der Waals surface area contributed by atoms with Crippen LogP contribution in [-0.2, 0) is 5.75 Å². The molecule has 0 aromatic heterocycles. The molecule has 0 spiro atoms. The van der Waals surface area contributed by atoms with Crippen LogP contribution in [0.25, 0.3) is 0 Å². The van der Waals surface area contributed by atoms with Crippen molar-refractivity contribution in [2.45, 2.75) is 5.75 Å². The summed E-state index contributed by atoms with van der Waals surface area (Å²) in [6.07, 6.45) is 0. The van der Waals surface area contributed by atoms with Crippen LogP contribution in [-0.4, -0.2) is 17.4 Å². The highest BCUT2D eigenvalue weighted by molar-refractivity contribution is 9.10. The summed E-state index contributed by atoms with van der Waals surface area (Å²) in [4.78, 5) is 0. The van der Waals surface area contributed by atoms with Gasteiger partial charge in [-0.15, -0.1) is 0 Å². The molecule has 0 aliphatic heterocycles. The topological polar surface area (TPSA) is 24.1 Å². The molecule has 2 aromatic rings. The van der Waals surface area contributed by atoms with E-state index in [1.165, 1.54) is 5.56 Å². The van der Waals surface area contributed by atoms with E-state index in [4.69, 9.17) is 23.8 Å². The van der Waals surface area contributed by atoms with Crippen LogP contribution in [0.1, 0.15) is 5.56 Å². The molecular formula is C16H16BrClN2S2. The van der Waals surface area contributed by atoms with Crippen LogP contribution in [0.2, 0.25) is 5.02 Å². The highest BCUT2D eigenvalue weighted by Crippen LogP contribution is 2.16. The maximum atomic E-state index is 5.87. The fourth-order valence-electron chi connectivity index (χ4n) is 1.75. The van der Waals surface area contributed by atoms with Gasteiger partial charge < -0.3 is 10.6 Å². The van der Waals surface area contributed by atoms with Gasteiger partial charge in [-0.3, -0.25) is 0 Å². The standard InChI is InChI=1S/C16H16BrClN2S2/c17-13-2-1-3-15(10-13)20-16(21)19-8-9-22-11-12-4-6-14(18)7-5-12/h1-7,10H,8-9,11H2,(H2,19,20,21).